The zero-order chi connectivity index (χ0) is 22.8. The molecule has 5 nitrogen and oxygen atoms in total. The number of nitrogens with zero attached hydrogens (tertiary/aromatic N) is 1. The van der Waals surface area contributed by atoms with E-state index in [1.807, 2.05) is 42.8 Å². The van der Waals surface area contributed by atoms with Gasteiger partial charge < -0.3 is 15.3 Å². The van der Waals surface area contributed by atoms with E-state index >= 15 is 0 Å². The van der Waals surface area contributed by atoms with Gasteiger partial charge in [0.15, 0.2) is 12.1 Å². The van der Waals surface area contributed by atoms with Gasteiger partial charge >= 0.3 is 0 Å². The van der Waals surface area contributed by atoms with Crippen LogP contribution in [0.15, 0.2) is 53.9 Å². The van der Waals surface area contributed by atoms with Crippen LogP contribution >= 0.6 is 11.3 Å². The molecule has 0 spiro atoms. The van der Waals surface area contributed by atoms with Gasteiger partial charge in [-0.3, -0.25) is 9.59 Å². The number of rotatable bonds is 8. The number of phenols is 1. The molecule has 0 aliphatic heterocycles. The van der Waals surface area contributed by atoms with Gasteiger partial charge in [-0.05, 0) is 67.6 Å². The molecule has 0 aliphatic carbocycles. The van der Waals surface area contributed by atoms with E-state index in [2.05, 4.69) is 30.1 Å². The number of benzene rings is 2. The molecule has 31 heavy (non-hydrogen) atoms. The van der Waals surface area contributed by atoms with Gasteiger partial charge in [-0.25, -0.2) is 0 Å². The molecular weight excluding hydrogens is 408 g/mol. The Hall–Kier alpha value is -3.12. The van der Waals surface area contributed by atoms with Crippen LogP contribution in [0, 0.1) is 0 Å². The van der Waals surface area contributed by atoms with Crippen molar-refractivity contribution < 1.29 is 14.7 Å². The summed E-state index contributed by atoms with van der Waals surface area (Å²) in [4.78, 5) is 25.4. The third-order valence-corrected chi connectivity index (χ3v) is 5.77. The predicted molar refractivity (Wildman–Crippen MR) is 131 cm³/mol. The van der Waals surface area contributed by atoms with Gasteiger partial charge in [0, 0.05) is 42.0 Å². The Labute approximate surface area is 188 Å². The fourth-order valence-electron chi connectivity index (χ4n) is 3.23. The number of phenolic OH excluding ortho intramolecular Hbond substituents is 1. The van der Waals surface area contributed by atoms with Crippen LogP contribution in [0.5, 0.6) is 5.75 Å². The summed E-state index contributed by atoms with van der Waals surface area (Å²) in [6, 6.07) is 15.1. The summed E-state index contributed by atoms with van der Waals surface area (Å²) in [5, 5.41) is 14.5. The largest absolute Gasteiger partial charge is 0.507 e. The fourth-order valence-corrected chi connectivity index (χ4v) is 3.95. The molecular formula is C25H30N2O3S. The quantitative estimate of drug-likeness (QED) is 0.328. The van der Waals surface area contributed by atoms with Crippen LogP contribution in [-0.2, 0) is 0 Å². The van der Waals surface area contributed by atoms with Crippen LogP contribution in [0.1, 0.15) is 47.9 Å². The zero-order valence-electron chi connectivity index (χ0n) is 18.5. The van der Waals surface area contributed by atoms with Crippen LogP contribution in [0.25, 0.3) is 10.4 Å². The predicted octanol–water partition coefficient (Wildman–Crippen LogP) is 6.10. The molecule has 0 bridgehead atoms. The highest BCUT2D eigenvalue weighted by Gasteiger charge is 2.08. The normalized spacial score (nSPS) is 10.1. The van der Waals surface area contributed by atoms with E-state index in [1.54, 1.807) is 30.4 Å². The van der Waals surface area contributed by atoms with E-state index in [1.165, 1.54) is 4.88 Å². The van der Waals surface area contributed by atoms with E-state index in [-0.39, 0.29) is 11.5 Å². The number of ketones is 1. The van der Waals surface area contributed by atoms with Crippen molar-refractivity contribution in [1.29, 1.82) is 0 Å². The van der Waals surface area contributed by atoms with Crippen LogP contribution < -0.4 is 10.2 Å². The molecule has 0 aliphatic rings. The number of aromatic hydroxyl groups is 1. The Balaban J connectivity index is 0.000000221. The van der Waals surface area contributed by atoms with Gasteiger partial charge in [-0.15, -0.1) is 11.3 Å². The van der Waals surface area contributed by atoms with Gasteiger partial charge in [0.2, 0.25) is 0 Å². The van der Waals surface area contributed by atoms with Gasteiger partial charge in [-0.2, -0.15) is 0 Å². The lowest BCUT2D eigenvalue weighted by atomic mass is 10.1. The number of thiophene rings is 1. The number of nitrogens with one attached hydrogen (secondary N) is 1. The van der Waals surface area contributed by atoms with Crippen molar-refractivity contribution in [2.75, 3.05) is 30.4 Å². The first-order valence-corrected chi connectivity index (χ1v) is 11.2. The molecule has 1 heterocycles. The molecule has 0 radical (unpaired) electrons. The van der Waals surface area contributed by atoms with E-state index < -0.39 is 0 Å². The topological polar surface area (TPSA) is 69.6 Å². The summed E-state index contributed by atoms with van der Waals surface area (Å²) in [6.07, 6.45) is 1.74. The molecule has 0 saturated carbocycles. The summed E-state index contributed by atoms with van der Waals surface area (Å²) < 4.78 is 0. The number of aldehydes is 1. The zero-order valence-corrected chi connectivity index (χ0v) is 19.3. The maximum Gasteiger partial charge on any atom is 0.161 e. The second kappa shape index (κ2) is 11.9. The first-order valence-electron chi connectivity index (χ1n) is 10.3. The summed E-state index contributed by atoms with van der Waals surface area (Å²) >= 11 is 1.70. The molecule has 0 fully saturated rings. The third kappa shape index (κ3) is 6.43. The number of hydrogen-bond donors (Lipinski definition) is 2. The van der Waals surface area contributed by atoms with E-state index in [9.17, 15) is 14.7 Å². The van der Waals surface area contributed by atoms with Crippen molar-refractivity contribution >= 4 is 34.8 Å². The average molecular weight is 439 g/mol. The van der Waals surface area contributed by atoms with Crippen LogP contribution in [0.4, 0.5) is 11.4 Å². The van der Waals surface area contributed by atoms with E-state index in [0.29, 0.717) is 11.8 Å². The van der Waals surface area contributed by atoms with Gasteiger partial charge in [0.1, 0.15) is 5.75 Å². The highest BCUT2D eigenvalue weighted by molar-refractivity contribution is 7.13. The standard InChI is InChI=1S/C13H13NOS.C12H17NO2/c1-9(15)11-6-5-10(8-12(11)14-2)13-4-3-7-16-13;1-3-7-13(4-2)11-5-6-12(15)10(8-11)9-14/h3-8,14H,1-2H3;5-6,8-9,15H,3-4,7H2,1-2H3. The van der Waals surface area contributed by atoms with Crippen molar-refractivity contribution in [3.05, 3.63) is 65.0 Å². The second-order valence-electron chi connectivity index (χ2n) is 6.98. The minimum absolute atomic E-state index is 0.0429. The van der Waals surface area contributed by atoms with E-state index in [0.717, 1.165) is 42.0 Å². The molecule has 2 aromatic carbocycles. The Morgan fingerprint density at radius 2 is 1.94 bits per heavy atom. The lowest BCUT2D eigenvalue weighted by Gasteiger charge is -2.22. The molecule has 3 rings (SSSR count). The van der Waals surface area contributed by atoms with E-state index in [4.69, 9.17) is 0 Å². The molecule has 164 valence electrons. The second-order valence-corrected chi connectivity index (χ2v) is 7.93. The minimum atomic E-state index is 0.0429. The Morgan fingerprint density at radius 1 is 1.16 bits per heavy atom. The highest BCUT2D eigenvalue weighted by Crippen LogP contribution is 2.29. The smallest absolute Gasteiger partial charge is 0.161 e. The lowest BCUT2D eigenvalue weighted by Crippen LogP contribution is -2.23. The summed E-state index contributed by atoms with van der Waals surface area (Å²) in [5.74, 6) is 0.128. The van der Waals surface area contributed by atoms with Gasteiger partial charge in [-0.1, -0.05) is 19.1 Å². The molecule has 2 N–H and O–H groups in total. The van der Waals surface area contributed by atoms with Gasteiger partial charge in [0.25, 0.3) is 0 Å². The maximum atomic E-state index is 11.4. The molecule has 0 unspecified atom stereocenters. The first kappa shape index (κ1) is 24.2. The average Bonchev–Trinajstić information content (AvgIpc) is 3.33. The Kier molecular flexibility index (Phi) is 9.28. The van der Waals surface area contributed by atoms with Crippen molar-refractivity contribution in [3.63, 3.8) is 0 Å². The molecule has 0 atom stereocenters. The van der Waals surface area contributed by atoms with Crippen molar-refractivity contribution in [2.24, 2.45) is 0 Å². The van der Waals surface area contributed by atoms with Crippen LogP contribution in [-0.4, -0.2) is 37.3 Å². The number of Topliss-reactive ketones (excluding diaryl/α,β-unsaturated/α-hetero) is 1. The summed E-state index contributed by atoms with van der Waals surface area (Å²) in [5.41, 5.74) is 4.10. The molecule has 6 heteroatoms. The van der Waals surface area contributed by atoms with Gasteiger partial charge in [0.05, 0.1) is 5.56 Å². The van der Waals surface area contributed by atoms with Crippen LogP contribution in [0.2, 0.25) is 0 Å². The maximum absolute atomic E-state index is 11.4. The van der Waals surface area contributed by atoms with Crippen LogP contribution in [0.3, 0.4) is 0 Å². The number of carbonyl (C=O) groups excluding carboxylic acids is 2. The Morgan fingerprint density at radius 3 is 2.48 bits per heavy atom. The minimum Gasteiger partial charge on any atom is -0.507 e. The number of anilines is 2. The monoisotopic (exact) mass is 438 g/mol. The molecule has 3 aromatic rings. The summed E-state index contributed by atoms with van der Waals surface area (Å²) in [6.45, 7) is 7.63. The molecule has 1 aromatic heterocycles. The summed E-state index contributed by atoms with van der Waals surface area (Å²) in [7, 11) is 1.83. The van der Waals surface area contributed by atoms with Crippen molar-refractivity contribution in [2.45, 2.75) is 27.2 Å². The highest BCUT2D eigenvalue weighted by atomic mass is 32.1. The molecule has 0 saturated heterocycles. The number of carbonyl (C=O) groups is 2. The Bertz CT molecular complexity index is 1000. The SMILES string of the molecule is CCCN(CC)c1ccc(O)c(C=O)c1.CNc1cc(-c2cccs2)ccc1C(C)=O. The lowest BCUT2D eigenvalue weighted by molar-refractivity contribution is 0.101. The molecule has 0 amide bonds. The first-order chi connectivity index (χ1) is 14.9. The van der Waals surface area contributed by atoms with Crippen molar-refractivity contribution in [3.8, 4) is 16.2 Å². The third-order valence-electron chi connectivity index (χ3n) is 4.85. The van der Waals surface area contributed by atoms with Crippen molar-refractivity contribution in [1.82, 2.24) is 0 Å². The fraction of sp³-hybridized carbons (Fsp3) is 0.280. The number of hydrogen-bond acceptors (Lipinski definition) is 6.